The number of carbonyl (C=O) groups excluding carboxylic acids is 1. The van der Waals surface area contributed by atoms with Crippen molar-refractivity contribution in [2.75, 3.05) is 0 Å². The molecule has 5 nitrogen and oxygen atoms in total. The molecule has 0 amide bonds. The summed E-state index contributed by atoms with van der Waals surface area (Å²) in [4.78, 5) is 31.4. The number of rotatable bonds is 4. The molecule has 1 atom stereocenters. The Balaban J connectivity index is 2.14. The molecular weight excluding hydrogens is 424 g/mol. The highest BCUT2D eigenvalue weighted by molar-refractivity contribution is 5.92. The molecule has 1 aliphatic heterocycles. The first-order valence-corrected chi connectivity index (χ1v) is 12.1. The second kappa shape index (κ2) is 7.61. The highest BCUT2D eigenvalue weighted by atomic mass is 16.3. The molecule has 0 saturated carbocycles. The third-order valence-electron chi connectivity index (χ3n) is 8.77. The Morgan fingerprint density at radius 2 is 1.68 bits per heavy atom. The highest BCUT2D eigenvalue weighted by Crippen LogP contribution is 2.46. The van der Waals surface area contributed by atoms with E-state index in [0.717, 1.165) is 39.0 Å². The van der Waals surface area contributed by atoms with Crippen LogP contribution in [0.5, 0.6) is 0 Å². The predicted molar refractivity (Wildman–Crippen MR) is 138 cm³/mol. The summed E-state index contributed by atoms with van der Waals surface area (Å²) in [5, 5.41) is 13.0. The minimum absolute atomic E-state index is 0.108. The van der Waals surface area contributed by atoms with Gasteiger partial charge in [0.2, 0.25) is 0 Å². The number of nitrogens with zero attached hydrogens (tertiary/aromatic N) is 2. The van der Waals surface area contributed by atoms with Gasteiger partial charge in [-0.15, -0.1) is 0 Å². The van der Waals surface area contributed by atoms with Gasteiger partial charge in [0, 0.05) is 16.5 Å². The van der Waals surface area contributed by atoms with Gasteiger partial charge in [0.15, 0.2) is 0 Å². The van der Waals surface area contributed by atoms with Crippen molar-refractivity contribution in [2.45, 2.75) is 87.8 Å². The maximum atomic E-state index is 13.8. The van der Waals surface area contributed by atoms with Crippen molar-refractivity contribution < 1.29 is 9.90 Å². The zero-order valence-corrected chi connectivity index (χ0v) is 22.1. The molecule has 180 valence electrons. The Hall–Kier alpha value is -2.79. The van der Waals surface area contributed by atoms with Gasteiger partial charge in [-0.25, -0.2) is 4.98 Å². The predicted octanol–water partition coefficient (Wildman–Crippen LogP) is 5.35. The van der Waals surface area contributed by atoms with E-state index in [4.69, 9.17) is 4.98 Å². The van der Waals surface area contributed by atoms with Crippen LogP contribution in [0.1, 0.15) is 79.1 Å². The lowest BCUT2D eigenvalue weighted by Crippen LogP contribution is -2.46. The van der Waals surface area contributed by atoms with Crippen LogP contribution in [0.2, 0.25) is 0 Å². The summed E-state index contributed by atoms with van der Waals surface area (Å²) < 4.78 is 1.81. The van der Waals surface area contributed by atoms with Crippen molar-refractivity contribution in [1.29, 1.82) is 0 Å². The molecule has 1 aromatic carbocycles. The standard InChI is InChI=1S/C29H36N2O3/c1-11-20-24(29(10,34)28(8,9)19(7)32)18(6)26-25-21(13-31(26)27(20)33)17(5)23-16(4)15(3)14(2)12-22(23)30-25/h12,34H,11,13H2,1-10H3. The van der Waals surface area contributed by atoms with E-state index in [2.05, 4.69) is 33.8 Å². The van der Waals surface area contributed by atoms with E-state index >= 15 is 0 Å². The lowest BCUT2D eigenvalue weighted by atomic mass is 9.67. The Kier molecular flexibility index (Phi) is 5.45. The summed E-state index contributed by atoms with van der Waals surface area (Å²) in [6.45, 7) is 19.5. The molecule has 4 rings (SSSR count). The molecule has 0 saturated heterocycles. The molecule has 0 aliphatic carbocycles. The van der Waals surface area contributed by atoms with Crippen molar-refractivity contribution in [3.8, 4) is 11.4 Å². The topological polar surface area (TPSA) is 72.2 Å². The van der Waals surface area contributed by atoms with Crippen molar-refractivity contribution in [3.63, 3.8) is 0 Å². The van der Waals surface area contributed by atoms with Crippen LogP contribution in [0.15, 0.2) is 10.9 Å². The normalized spacial score (nSPS) is 14.8. The van der Waals surface area contributed by atoms with Gasteiger partial charge in [0.05, 0.1) is 34.5 Å². The fourth-order valence-corrected chi connectivity index (χ4v) is 5.70. The van der Waals surface area contributed by atoms with E-state index in [1.54, 1.807) is 20.8 Å². The summed E-state index contributed by atoms with van der Waals surface area (Å²) in [5.41, 5.74) is 7.65. The molecule has 0 fully saturated rings. The number of Topliss-reactive ketones (excluding diaryl/α,β-unsaturated/α-hetero) is 1. The molecule has 0 spiro atoms. The number of aromatic nitrogens is 2. The van der Waals surface area contributed by atoms with Gasteiger partial charge in [0.25, 0.3) is 5.56 Å². The first kappa shape index (κ1) is 24.3. The van der Waals surface area contributed by atoms with Crippen LogP contribution in [-0.2, 0) is 23.4 Å². The number of aryl methyl sites for hydroxylation is 3. The number of hydrogen-bond acceptors (Lipinski definition) is 4. The average molecular weight is 461 g/mol. The van der Waals surface area contributed by atoms with Crippen molar-refractivity contribution in [1.82, 2.24) is 9.55 Å². The molecule has 0 radical (unpaired) electrons. The van der Waals surface area contributed by atoms with Crippen molar-refractivity contribution in [3.05, 3.63) is 60.9 Å². The molecule has 34 heavy (non-hydrogen) atoms. The molecule has 1 aliphatic rings. The number of carbonyl (C=O) groups is 1. The fraction of sp³-hybridized carbons (Fsp3) is 0.483. The van der Waals surface area contributed by atoms with E-state index in [-0.39, 0.29) is 11.3 Å². The van der Waals surface area contributed by atoms with Gasteiger partial charge >= 0.3 is 0 Å². The van der Waals surface area contributed by atoms with Gasteiger partial charge in [-0.2, -0.15) is 0 Å². The second-order valence-corrected chi connectivity index (χ2v) is 10.7. The minimum Gasteiger partial charge on any atom is -0.384 e. The number of hydrogen-bond donors (Lipinski definition) is 1. The second-order valence-electron chi connectivity index (χ2n) is 10.7. The fourth-order valence-electron chi connectivity index (χ4n) is 5.70. The smallest absolute Gasteiger partial charge is 0.254 e. The number of aliphatic hydroxyl groups is 1. The number of pyridine rings is 2. The maximum absolute atomic E-state index is 13.8. The number of ketones is 1. The van der Waals surface area contributed by atoms with Crippen LogP contribution in [0.25, 0.3) is 22.3 Å². The van der Waals surface area contributed by atoms with E-state index in [9.17, 15) is 14.7 Å². The Bertz CT molecular complexity index is 1460. The largest absolute Gasteiger partial charge is 0.384 e. The zero-order valence-electron chi connectivity index (χ0n) is 22.1. The van der Waals surface area contributed by atoms with Crippen LogP contribution in [0.4, 0.5) is 0 Å². The third-order valence-corrected chi connectivity index (χ3v) is 8.77. The lowest BCUT2D eigenvalue weighted by Gasteiger charge is -2.40. The van der Waals surface area contributed by atoms with Gasteiger partial charge in [-0.05, 0) is 108 Å². The van der Waals surface area contributed by atoms with Gasteiger partial charge in [-0.1, -0.05) is 6.92 Å². The monoisotopic (exact) mass is 460 g/mol. The molecule has 1 unspecified atom stereocenters. The minimum atomic E-state index is -1.51. The first-order chi connectivity index (χ1) is 15.7. The SMILES string of the molecule is CCc1c(C(C)(O)C(C)(C)C(C)=O)c(C)c2n(c1=O)Cc1c-2nc2cc(C)c(C)c(C)c2c1C. The van der Waals surface area contributed by atoms with E-state index in [1.807, 2.05) is 18.4 Å². The Labute approximate surface area is 201 Å². The van der Waals surface area contributed by atoms with E-state index in [1.165, 1.54) is 23.6 Å². The summed E-state index contributed by atoms with van der Waals surface area (Å²) in [6, 6.07) is 2.12. The molecule has 1 N–H and O–H groups in total. The Morgan fingerprint density at radius 3 is 2.24 bits per heavy atom. The third kappa shape index (κ3) is 2.99. The first-order valence-electron chi connectivity index (χ1n) is 12.1. The molecule has 3 heterocycles. The summed E-state index contributed by atoms with van der Waals surface area (Å²) >= 11 is 0. The highest BCUT2D eigenvalue weighted by Gasteiger charge is 2.48. The van der Waals surface area contributed by atoms with Gasteiger partial charge in [-0.3, -0.25) is 9.59 Å². The zero-order chi connectivity index (χ0) is 25.5. The number of fused-ring (bicyclic) bond motifs is 4. The summed E-state index contributed by atoms with van der Waals surface area (Å²) in [5.74, 6) is -0.124. The average Bonchev–Trinajstić information content (AvgIpc) is 3.14. The van der Waals surface area contributed by atoms with Crippen LogP contribution in [0.3, 0.4) is 0 Å². The van der Waals surface area contributed by atoms with Crippen LogP contribution in [-0.4, -0.2) is 20.4 Å². The molecule has 5 heteroatoms. The quantitative estimate of drug-likeness (QED) is 0.445. The molecular formula is C29H36N2O3. The Morgan fingerprint density at radius 1 is 1.06 bits per heavy atom. The van der Waals surface area contributed by atoms with E-state index < -0.39 is 11.0 Å². The van der Waals surface area contributed by atoms with Crippen LogP contribution < -0.4 is 5.56 Å². The van der Waals surface area contributed by atoms with Crippen molar-refractivity contribution >= 4 is 16.7 Å². The molecule has 3 aromatic rings. The van der Waals surface area contributed by atoms with Crippen molar-refractivity contribution in [2.24, 2.45) is 5.41 Å². The van der Waals surface area contributed by atoms with Crippen LogP contribution in [0, 0.1) is 40.0 Å². The molecule has 0 bridgehead atoms. The maximum Gasteiger partial charge on any atom is 0.254 e. The van der Waals surface area contributed by atoms with Crippen LogP contribution >= 0.6 is 0 Å². The molecule has 2 aromatic heterocycles. The summed E-state index contributed by atoms with van der Waals surface area (Å²) in [6.07, 6.45) is 0.474. The lowest BCUT2D eigenvalue weighted by molar-refractivity contribution is -0.141. The summed E-state index contributed by atoms with van der Waals surface area (Å²) in [7, 11) is 0. The van der Waals surface area contributed by atoms with E-state index in [0.29, 0.717) is 24.1 Å². The van der Waals surface area contributed by atoms with Gasteiger partial charge in [0.1, 0.15) is 5.78 Å². The number of benzene rings is 1. The van der Waals surface area contributed by atoms with Gasteiger partial charge < -0.3 is 9.67 Å².